The summed E-state index contributed by atoms with van der Waals surface area (Å²) >= 11 is 0. The van der Waals surface area contributed by atoms with Crippen molar-refractivity contribution in [3.05, 3.63) is 158 Å². The predicted molar refractivity (Wildman–Crippen MR) is 192 cm³/mol. The molecule has 8 aromatic rings. The number of rotatable bonds is 5. The molecule has 0 N–H and O–H groups in total. The molecular weight excluding hydrogens is 560 g/mol. The lowest BCUT2D eigenvalue weighted by Gasteiger charge is -2.16. The number of hydrogen-bond acceptors (Lipinski definition) is 3. The third kappa shape index (κ3) is 4.38. The lowest BCUT2D eigenvalue weighted by molar-refractivity contribution is 0.942. The summed E-state index contributed by atoms with van der Waals surface area (Å²) in [5.41, 5.74) is 12.1. The van der Waals surface area contributed by atoms with Crippen molar-refractivity contribution in [3.8, 4) is 39.1 Å². The molecule has 4 heteroatoms. The average Bonchev–Trinajstić information content (AvgIpc) is 3.79. The Kier molecular flexibility index (Phi) is 6.24. The van der Waals surface area contributed by atoms with Gasteiger partial charge in [-0.05, 0) is 86.6 Å². The van der Waals surface area contributed by atoms with Gasteiger partial charge in [-0.1, -0.05) is 115 Å². The molecule has 0 radical (unpaired) electrons. The van der Waals surface area contributed by atoms with Gasteiger partial charge in [0.25, 0.3) is 0 Å². The molecule has 0 bridgehead atoms. The Morgan fingerprint density at radius 1 is 0.413 bits per heavy atom. The first kappa shape index (κ1) is 26.4. The van der Waals surface area contributed by atoms with Gasteiger partial charge in [0.05, 0.1) is 11.0 Å². The number of fused-ring (bicyclic) bond motifs is 4. The van der Waals surface area contributed by atoms with E-state index in [2.05, 4.69) is 177 Å². The van der Waals surface area contributed by atoms with Crippen LogP contribution in [0.5, 0.6) is 0 Å². The van der Waals surface area contributed by atoms with Crippen LogP contribution in [0.25, 0.3) is 71.6 Å². The summed E-state index contributed by atoms with van der Waals surface area (Å²) in [6, 6.07) is 57.2. The molecule has 9 rings (SSSR count). The summed E-state index contributed by atoms with van der Waals surface area (Å²) in [6.45, 7) is 1.25. The van der Waals surface area contributed by atoms with Crippen LogP contribution >= 0.6 is 0 Å². The standard InChI is InChI=1S/C42H30N4/c1-2-10-35(11-3-1)46-40-15-5-4-12-38(40)39-26-33(22-25-41(39)46)29-16-18-30(19-17-29)36-13-6-8-32-9-7-14-37(42(32)36)31-20-23-34(24-21-31)45-27-43-44-28-45/h1-26H,27-28H2. The number of anilines is 1. The van der Waals surface area contributed by atoms with Crippen LogP contribution < -0.4 is 4.90 Å². The first-order valence-electron chi connectivity index (χ1n) is 15.7. The van der Waals surface area contributed by atoms with Crippen molar-refractivity contribution < 1.29 is 0 Å². The molecule has 1 aliphatic rings. The van der Waals surface area contributed by atoms with Crippen molar-refractivity contribution in [1.29, 1.82) is 0 Å². The van der Waals surface area contributed by atoms with Crippen molar-refractivity contribution in [2.45, 2.75) is 0 Å². The van der Waals surface area contributed by atoms with E-state index in [9.17, 15) is 0 Å². The van der Waals surface area contributed by atoms with Gasteiger partial charge in [0.1, 0.15) is 13.3 Å². The zero-order valence-electron chi connectivity index (χ0n) is 25.2. The minimum atomic E-state index is 0.624. The Morgan fingerprint density at radius 3 is 1.72 bits per heavy atom. The molecule has 7 aromatic carbocycles. The van der Waals surface area contributed by atoms with Gasteiger partial charge < -0.3 is 9.47 Å². The largest absolute Gasteiger partial charge is 0.329 e. The lowest BCUT2D eigenvalue weighted by atomic mass is 9.90. The highest BCUT2D eigenvalue weighted by Gasteiger charge is 2.15. The van der Waals surface area contributed by atoms with Crippen LogP contribution in [0.4, 0.5) is 5.69 Å². The summed E-state index contributed by atoms with van der Waals surface area (Å²) in [5.74, 6) is 0. The molecule has 46 heavy (non-hydrogen) atoms. The second-order valence-electron chi connectivity index (χ2n) is 11.9. The number of para-hydroxylation sites is 2. The summed E-state index contributed by atoms with van der Waals surface area (Å²) in [7, 11) is 0. The summed E-state index contributed by atoms with van der Waals surface area (Å²) in [4.78, 5) is 2.17. The van der Waals surface area contributed by atoms with Crippen LogP contribution in [0, 0.1) is 0 Å². The third-order valence-corrected chi connectivity index (χ3v) is 9.23. The zero-order valence-corrected chi connectivity index (χ0v) is 25.2. The number of benzene rings is 7. The van der Waals surface area contributed by atoms with E-state index in [4.69, 9.17) is 0 Å². The van der Waals surface area contributed by atoms with Gasteiger partial charge in [0, 0.05) is 22.1 Å². The molecule has 2 heterocycles. The Bertz CT molecular complexity index is 2390. The second kappa shape index (κ2) is 10.9. The van der Waals surface area contributed by atoms with E-state index in [-0.39, 0.29) is 0 Å². The van der Waals surface area contributed by atoms with E-state index >= 15 is 0 Å². The van der Waals surface area contributed by atoms with Crippen molar-refractivity contribution >= 4 is 38.3 Å². The fourth-order valence-electron chi connectivity index (χ4n) is 6.97. The first-order valence-corrected chi connectivity index (χ1v) is 15.7. The molecule has 4 nitrogen and oxygen atoms in total. The van der Waals surface area contributed by atoms with Crippen LogP contribution in [-0.4, -0.2) is 17.9 Å². The second-order valence-corrected chi connectivity index (χ2v) is 11.9. The van der Waals surface area contributed by atoms with Crippen LogP contribution in [0.15, 0.2) is 168 Å². The molecule has 0 spiro atoms. The van der Waals surface area contributed by atoms with E-state index in [1.54, 1.807) is 0 Å². The highest BCUT2D eigenvalue weighted by Crippen LogP contribution is 2.39. The molecule has 0 amide bonds. The van der Waals surface area contributed by atoms with Gasteiger partial charge in [-0.3, -0.25) is 0 Å². The molecule has 1 aliphatic heterocycles. The average molecular weight is 591 g/mol. The number of hydrogen-bond donors (Lipinski definition) is 0. The van der Waals surface area contributed by atoms with Crippen molar-refractivity contribution in [1.82, 2.24) is 4.57 Å². The number of azo groups is 1. The smallest absolute Gasteiger partial charge is 0.133 e. The highest BCUT2D eigenvalue weighted by molar-refractivity contribution is 6.11. The van der Waals surface area contributed by atoms with Gasteiger partial charge in [-0.15, -0.1) is 0 Å². The highest BCUT2D eigenvalue weighted by atomic mass is 15.4. The van der Waals surface area contributed by atoms with Crippen molar-refractivity contribution in [2.24, 2.45) is 10.2 Å². The minimum absolute atomic E-state index is 0.624. The minimum Gasteiger partial charge on any atom is -0.329 e. The van der Waals surface area contributed by atoms with E-state index in [0.717, 1.165) is 5.69 Å². The van der Waals surface area contributed by atoms with Crippen molar-refractivity contribution in [3.63, 3.8) is 0 Å². The maximum Gasteiger partial charge on any atom is 0.133 e. The maximum atomic E-state index is 4.12. The van der Waals surface area contributed by atoms with E-state index in [1.165, 1.54) is 71.6 Å². The fraction of sp³-hybridized carbons (Fsp3) is 0.0476. The SMILES string of the molecule is c1ccc(-n2c3ccccc3c3cc(-c4ccc(-c5cccc6cccc(-c7ccc(N8CN=NC8)cc7)c56)cc4)ccc32)cc1. The molecule has 0 unspecified atom stereocenters. The molecule has 0 atom stereocenters. The Hall–Kier alpha value is -6.00. The zero-order chi connectivity index (χ0) is 30.5. The molecule has 0 aliphatic carbocycles. The Morgan fingerprint density at radius 2 is 1.00 bits per heavy atom. The van der Waals surface area contributed by atoms with Gasteiger partial charge >= 0.3 is 0 Å². The molecular formula is C42H30N4. The number of aromatic nitrogens is 1. The van der Waals surface area contributed by atoms with Crippen LogP contribution in [0.1, 0.15) is 0 Å². The first-order chi connectivity index (χ1) is 22.8. The number of nitrogens with zero attached hydrogens (tertiary/aromatic N) is 4. The Labute approximate surface area is 267 Å². The normalized spacial score (nSPS) is 12.9. The third-order valence-electron chi connectivity index (χ3n) is 9.23. The van der Waals surface area contributed by atoms with Gasteiger partial charge in [0.2, 0.25) is 0 Å². The maximum absolute atomic E-state index is 4.12. The van der Waals surface area contributed by atoms with Gasteiger partial charge in [-0.25, -0.2) is 0 Å². The van der Waals surface area contributed by atoms with Crippen molar-refractivity contribution in [2.75, 3.05) is 18.2 Å². The molecule has 218 valence electrons. The predicted octanol–water partition coefficient (Wildman–Crippen LogP) is 11.1. The quantitative estimate of drug-likeness (QED) is 0.196. The monoisotopic (exact) mass is 590 g/mol. The van der Waals surface area contributed by atoms with E-state index in [0.29, 0.717) is 13.3 Å². The summed E-state index contributed by atoms with van der Waals surface area (Å²) in [6.07, 6.45) is 0. The molecule has 1 aromatic heterocycles. The summed E-state index contributed by atoms with van der Waals surface area (Å²) < 4.78 is 2.36. The van der Waals surface area contributed by atoms with Gasteiger partial charge in [0.15, 0.2) is 0 Å². The van der Waals surface area contributed by atoms with Crippen LogP contribution in [-0.2, 0) is 0 Å². The molecule has 0 saturated carbocycles. The molecule has 0 saturated heterocycles. The van der Waals surface area contributed by atoms with Crippen LogP contribution in [0.2, 0.25) is 0 Å². The fourth-order valence-corrected chi connectivity index (χ4v) is 6.97. The van der Waals surface area contributed by atoms with E-state index < -0.39 is 0 Å². The lowest BCUT2D eigenvalue weighted by Crippen LogP contribution is -2.17. The topological polar surface area (TPSA) is 32.9 Å². The van der Waals surface area contributed by atoms with Gasteiger partial charge in [-0.2, -0.15) is 10.2 Å². The molecule has 0 fully saturated rings. The summed E-state index contributed by atoms with van der Waals surface area (Å²) in [5, 5.41) is 13.3. The van der Waals surface area contributed by atoms with Crippen LogP contribution in [0.3, 0.4) is 0 Å². The van der Waals surface area contributed by atoms with E-state index in [1.807, 2.05) is 0 Å². The Balaban J connectivity index is 1.10.